The van der Waals surface area contributed by atoms with Gasteiger partial charge in [0.25, 0.3) is 5.91 Å². The quantitative estimate of drug-likeness (QED) is 0.828. The molecule has 5 nitrogen and oxygen atoms in total. The SMILES string of the molecule is COc1ccc(C)cc1C(=O)N1CCC([C@H](C)N2CCN(C)CC2)CC1. The molecule has 5 heteroatoms. The lowest BCUT2D eigenvalue weighted by atomic mass is 9.88. The predicted molar refractivity (Wildman–Crippen MR) is 105 cm³/mol. The molecule has 0 bridgehead atoms. The van der Waals surface area contributed by atoms with E-state index in [9.17, 15) is 4.79 Å². The average Bonchev–Trinajstić information content (AvgIpc) is 2.67. The minimum absolute atomic E-state index is 0.108. The number of carbonyl (C=O) groups excluding carboxylic acids is 1. The Balaban J connectivity index is 1.58. The third-order valence-electron chi connectivity index (χ3n) is 6.21. The molecule has 1 aromatic rings. The van der Waals surface area contributed by atoms with Gasteiger partial charge in [-0.1, -0.05) is 11.6 Å². The first-order valence-corrected chi connectivity index (χ1v) is 9.86. The summed E-state index contributed by atoms with van der Waals surface area (Å²) in [6, 6.07) is 6.43. The lowest BCUT2D eigenvalue weighted by Gasteiger charge is -2.42. The van der Waals surface area contributed by atoms with Gasteiger partial charge in [-0.2, -0.15) is 0 Å². The Labute approximate surface area is 157 Å². The Morgan fingerprint density at radius 1 is 1.12 bits per heavy atom. The van der Waals surface area contributed by atoms with Gasteiger partial charge in [0.2, 0.25) is 0 Å². The maximum absolute atomic E-state index is 13.0. The smallest absolute Gasteiger partial charge is 0.257 e. The maximum atomic E-state index is 13.0. The summed E-state index contributed by atoms with van der Waals surface area (Å²) < 4.78 is 5.40. The molecule has 144 valence electrons. The van der Waals surface area contributed by atoms with Crippen LogP contribution >= 0.6 is 0 Å². The van der Waals surface area contributed by atoms with E-state index in [2.05, 4.69) is 23.8 Å². The Kier molecular flexibility index (Phi) is 6.20. The lowest BCUT2D eigenvalue weighted by molar-refractivity contribution is 0.0498. The van der Waals surface area contributed by atoms with E-state index in [4.69, 9.17) is 4.74 Å². The topological polar surface area (TPSA) is 36.0 Å². The second-order valence-electron chi connectivity index (χ2n) is 7.91. The Morgan fingerprint density at radius 3 is 2.38 bits per heavy atom. The van der Waals surface area contributed by atoms with E-state index < -0.39 is 0 Å². The number of methoxy groups -OCH3 is 1. The fourth-order valence-electron chi connectivity index (χ4n) is 4.27. The van der Waals surface area contributed by atoms with Crippen LogP contribution in [0.2, 0.25) is 0 Å². The number of amides is 1. The molecule has 0 aliphatic carbocycles. The normalized spacial score (nSPS) is 21.6. The van der Waals surface area contributed by atoms with Gasteiger partial charge in [0.1, 0.15) is 5.75 Å². The summed E-state index contributed by atoms with van der Waals surface area (Å²) in [6.07, 6.45) is 2.18. The number of aryl methyl sites for hydroxylation is 1. The van der Waals surface area contributed by atoms with Crippen molar-refractivity contribution in [3.63, 3.8) is 0 Å². The summed E-state index contributed by atoms with van der Waals surface area (Å²) in [6.45, 7) is 10.7. The summed E-state index contributed by atoms with van der Waals surface area (Å²) >= 11 is 0. The number of benzene rings is 1. The number of piperidine rings is 1. The number of ether oxygens (including phenoxy) is 1. The molecule has 0 saturated carbocycles. The number of hydrogen-bond donors (Lipinski definition) is 0. The molecular formula is C21H33N3O2. The second-order valence-corrected chi connectivity index (χ2v) is 7.91. The minimum Gasteiger partial charge on any atom is -0.496 e. The van der Waals surface area contributed by atoms with Crippen LogP contribution in [0.1, 0.15) is 35.7 Å². The number of hydrogen-bond acceptors (Lipinski definition) is 4. The van der Waals surface area contributed by atoms with Crippen molar-refractivity contribution in [2.24, 2.45) is 5.92 Å². The number of likely N-dealkylation sites (N-methyl/N-ethyl adjacent to an activating group) is 1. The number of piperazine rings is 1. The van der Waals surface area contributed by atoms with E-state index in [0.717, 1.165) is 57.7 Å². The van der Waals surface area contributed by atoms with Crippen LogP contribution in [0, 0.1) is 12.8 Å². The molecule has 0 radical (unpaired) electrons. The van der Waals surface area contributed by atoms with Crippen LogP contribution in [-0.4, -0.2) is 80.1 Å². The van der Waals surface area contributed by atoms with E-state index in [1.165, 1.54) is 0 Å². The van der Waals surface area contributed by atoms with Crippen molar-refractivity contribution in [3.8, 4) is 5.75 Å². The molecule has 0 spiro atoms. The molecule has 2 fully saturated rings. The first-order valence-electron chi connectivity index (χ1n) is 9.86. The first kappa shape index (κ1) is 19.2. The summed E-state index contributed by atoms with van der Waals surface area (Å²) in [5, 5.41) is 0. The van der Waals surface area contributed by atoms with Crippen LogP contribution in [0.4, 0.5) is 0 Å². The van der Waals surface area contributed by atoms with Crippen molar-refractivity contribution >= 4 is 5.91 Å². The highest BCUT2D eigenvalue weighted by Crippen LogP contribution is 2.28. The van der Waals surface area contributed by atoms with Crippen LogP contribution < -0.4 is 4.74 Å². The van der Waals surface area contributed by atoms with E-state index in [1.54, 1.807) is 7.11 Å². The van der Waals surface area contributed by atoms with E-state index in [0.29, 0.717) is 23.3 Å². The van der Waals surface area contributed by atoms with Gasteiger partial charge >= 0.3 is 0 Å². The first-order chi connectivity index (χ1) is 12.5. The highest BCUT2D eigenvalue weighted by atomic mass is 16.5. The molecular weight excluding hydrogens is 326 g/mol. The Hall–Kier alpha value is -1.59. The van der Waals surface area contributed by atoms with Crippen LogP contribution in [0.5, 0.6) is 5.75 Å². The molecule has 0 unspecified atom stereocenters. The average molecular weight is 360 g/mol. The van der Waals surface area contributed by atoms with Crippen LogP contribution in [-0.2, 0) is 0 Å². The maximum Gasteiger partial charge on any atom is 0.257 e. The monoisotopic (exact) mass is 359 g/mol. The van der Waals surface area contributed by atoms with Gasteiger partial charge in [0, 0.05) is 45.3 Å². The van der Waals surface area contributed by atoms with E-state index >= 15 is 0 Å². The van der Waals surface area contributed by atoms with Gasteiger partial charge in [-0.15, -0.1) is 0 Å². The number of carbonyl (C=O) groups is 1. The molecule has 0 N–H and O–H groups in total. The lowest BCUT2D eigenvalue weighted by Crippen LogP contribution is -2.52. The summed E-state index contributed by atoms with van der Waals surface area (Å²) in [5.74, 6) is 1.46. The van der Waals surface area contributed by atoms with Crippen molar-refractivity contribution < 1.29 is 9.53 Å². The molecule has 2 heterocycles. The van der Waals surface area contributed by atoms with E-state index in [-0.39, 0.29) is 5.91 Å². The second kappa shape index (κ2) is 8.40. The van der Waals surface area contributed by atoms with Gasteiger partial charge in [-0.25, -0.2) is 0 Å². The molecule has 0 aromatic heterocycles. The van der Waals surface area contributed by atoms with E-state index in [1.807, 2.05) is 30.0 Å². The van der Waals surface area contributed by atoms with Crippen LogP contribution in [0.25, 0.3) is 0 Å². The fourth-order valence-corrected chi connectivity index (χ4v) is 4.27. The predicted octanol–water partition coefficient (Wildman–Crippen LogP) is 2.49. The standard InChI is InChI=1S/C21H33N3O2/c1-16-5-6-20(26-4)19(15-16)21(25)24-9-7-18(8-10-24)17(2)23-13-11-22(3)12-14-23/h5-6,15,17-18H,7-14H2,1-4H3/t17-/m0/s1. The number of likely N-dealkylation sites (tertiary alicyclic amines) is 1. The van der Waals surface area contributed by atoms with Gasteiger partial charge in [-0.3, -0.25) is 9.69 Å². The Morgan fingerprint density at radius 2 is 1.77 bits per heavy atom. The molecule has 1 aromatic carbocycles. The van der Waals surface area contributed by atoms with Gasteiger partial charge in [-0.05, 0) is 51.8 Å². The number of rotatable bonds is 4. The van der Waals surface area contributed by atoms with Crippen LogP contribution in [0.3, 0.4) is 0 Å². The number of nitrogens with zero attached hydrogens (tertiary/aromatic N) is 3. The summed E-state index contributed by atoms with van der Waals surface area (Å²) in [7, 11) is 3.83. The van der Waals surface area contributed by atoms with Crippen molar-refractivity contribution in [3.05, 3.63) is 29.3 Å². The highest BCUT2D eigenvalue weighted by molar-refractivity contribution is 5.97. The molecule has 2 aliphatic heterocycles. The molecule has 2 aliphatic rings. The third-order valence-corrected chi connectivity index (χ3v) is 6.21. The minimum atomic E-state index is 0.108. The largest absolute Gasteiger partial charge is 0.496 e. The molecule has 2 saturated heterocycles. The summed E-state index contributed by atoms with van der Waals surface area (Å²) in [5.41, 5.74) is 1.78. The summed E-state index contributed by atoms with van der Waals surface area (Å²) in [4.78, 5) is 20.0. The van der Waals surface area contributed by atoms with Crippen molar-refractivity contribution in [1.29, 1.82) is 0 Å². The zero-order valence-corrected chi connectivity index (χ0v) is 16.7. The van der Waals surface area contributed by atoms with Gasteiger partial charge < -0.3 is 14.5 Å². The highest BCUT2D eigenvalue weighted by Gasteiger charge is 2.31. The molecule has 26 heavy (non-hydrogen) atoms. The Bertz CT molecular complexity index is 618. The molecule has 1 amide bonds. The van der Waals surface area contributed by atoms with Crippen molar-refractivity contribution in [2.75, 3.05) is 53.4 Å². The third kappa shape index (κ3) is 4.21. The zero-order valence-electron chi connectivity index (χ0n) is 16.7. The zero-order chi connectivity index (χ0) is 18.7. The van der Waals surface area contributed by atoms with Crippen molar-refractivity contribution in [2.45, 2.75) is 32.7 Å². The fraction of sp³-hybridized carbons (Fsp3) is 0.667. The van der Waals surface area contributed by atoms with Gasteiger partial charge in [0.05, 0.1) is 12.7 Å². The van der Waals surface area contributed by atoms with Crippen molar-refractivity contribution in [1.82, 2.24) is 14.7 Å². The van der Waals surface area contributed by atoms with Gasteiger partial charge in [0.15, 0.2) is 0 Å². The molecule has 3 rings (SSSR count). The molecule has 1 atom stereocenters. The van der Waals surface area contributed by atoms with Crippen LogP contribution in [0.15, 0.2) is 18.2 Å².